The Balaban J connectivity index is 1.47. The standard InChI is InChI=1S/C27H18O7/c1-31-18-8-6-16(7-9-18)23(28)15-32-19-10-11-20-21(14-26(29)33-25(20)13-19)22-12-17-4-2-3-5-24(17)34-27(22)30/h2-14H,15H2,1H3. The highest BCUT2D eigenvalue weighted by Crippen LogP contribution is 2.29. The summed E-state index contributed by atoms with van der Waals surface area (Å²) in [5.74, 6) is 0.783. The molecule has 5 aromatic rings. The minimum Gasteiger partial charge on any atom is -0.497 e. The van der Waals surface area contributed by atoms with E-state index in [4.69, 9.17) is 18.3 Å². The summed E-state index contributed by atoms with van der Waals surface area (Å²) in [6.07, 6.45) is 0. The van der Waals surface area contributed by atoms with Crippen molar-refractivity contribution in [1.82, 2.24) is 0 Å². The lowest BCUT2D eigenvalue weighted by molar-refractivity contribution is 0.0921. The molecule has 2 heterocycles. The first-order valence-electron chi connectivity index (χ1n) is 10.4. The maximum absolute atomic E-state index is 12.6. The molecule has 0 radical (unpaired) electrons. The van der Waals surface area contributed by atoms with Gasteiger partial charge in [-0.2, -0.15) is 0 Å². The minimum absolute atomic E-state index is 0.198. The van der Waals surface area contributed by atoms with Crippen LogP contribution in [0, 0.1) is 0 Å². The number of carbonyl (C=O) groups is 1. The van der Waals surface area contributed by atoms with Gasteiger partial charge in [0.1, 0.15) is 22.7 Å². The van der Waals surface area contributed by atoms with Crippen LogP contribution in [0.4, 0.5) is 0 Å². The third-order valence-corrected chi connectivity index (χ3v) is 5.43. The molecule has 0 N–H and O–H groups in total. The van der Waals surface area contributed by atoms with E-state index in [9.17, 15) is 14.4 Å². The summed E-state index contributed by atoms with van der Waals surface area (Å²) in [5, 5.41) is 1.27. The molecule has 34 heavy (non-hydrogen) atoms. The Bertz CT molecular complexity index is 1640. The van der Waals surface area contributed by atoms with Crippen molar-refractivity contribution in [2.75, 3.05) is 13.7 Å². The lowest BCUT2D eigenvalue weighted by atomic mass is 10.0. The number of fused-ring (bicyclic) bond motifs is 2. The zero-order valence-electron chi connectivity index (χ0n) is 18.1. The zero-order valence-corrected chi connectivity index (χ0v) is 18.1. The minimum atomic E-state index is -0.624. The second kappa shape index (κ2) is 8.71. The average molecular weight is 454 g/mol. The first-order chi connectivity index (χ1) is 16.5. The van der Waals surface area contributed by atoms with E-state index in [1.54, 1.807) is 61.7 Å². The quantitative estimate of drug-likeness (QED) is 0.268. The van der Waals surface area contributed by atoms with Crippen molar-refractivity contribution in [2.45, 2.75) is 0 Å². The Morgan fingerprint density at radius 2 is 1.56 bits per heavy atom. The number of ether oxygens (including phenoxy) is 2. The van der Waals surface area contributed by atoms with Crippen molar-refractivity contribution in [3.8, 4) is 22.6 Å². The molecular formula is C27H18O7. The van der Waals surface area contributed by atoms with Gasteiger partial charge in [0.2, 0.25) is 0 Å². The molecule has 0 saturated heterocycles. The number of para-hydroxylation sites is 1. The maximum atomic E-state index is 12.6. The van der Waals surface area contributed by atoms with Gasteiger partial charge in [-0.05, 0) is 48.5 Å². The van der Waals surface area contributed by atoms with E-state index in [-0.39, 0.29) is 23.5 Å². The Hall–Kier alpha value is -4.65. The van der Waals surface area contributed by atoms with Gasteiger partial charge in [0.15, 0.2) is 12.4 Å². The van der Waals surface area contributed by atoms with Crippen molar-refractivity contribution in [3.05, 3.63) is 105 Å². The molecule has 0 aliphatic rings. The number of carbonyl (C=O) groups excluding carboxylic acids is 1. The highest BCUT2D eigenvalue weighted by atomic mass is 16.5. The fourth-order valence-corrected chi connectivity index (χ4v) is 3.71. The molecule has 0 fully saturated rings. The molecule has 2 aromatic heterocycles. The summed E-state index contributed by atoms with van der Waals surface area (Å²) >= 11 is 0. The molecule has 168 valence electrons. The molecule has 7 heteroatoms. The number of Topliss-reactive ketones (excluding diaryl/α,β-unsaturated/α-hetero) is 1. The van der Waals surface area contributed by atoms with E-state index in [0.29, 0.717) is 33.6 Å². The number of ketones is 1. The summed E-state index contributed by atoms with van der Waals surface area (Å²) in [6.45, 7) is -0.198. The fourth-order valence-electron chi connectivity index (χ4n) is 3.71. The first kappa shape index (κ1) is 21.2. The van der Waals surface area contributed by atoms with Gasteiger partial charge in [0.05, 0.1) is 12.7 Å². The molecule has 7 nitrogen and oxygen atoms in total. The van der Waals surface area contributed by atoms with Crippen LogP contribution in [0.25, 0.3) is 33.1 Å². The van der Waals surface area contributed by atoms with Gasteiger partial charge in [-0.25, -0.2) is 9.59 Å². The molecule has 5 rings (SSSR count). The third-order valence-electron chi connectivity index (χ3n) is 5.43. The molecule has 0 saturated carbocycles. The summed E-state index contributed by atoms with van der Waals surface area (Å²) in [5.41, 5.74) is 0.632. The molecule has 0 aliphatic carbocycles. The Morgan fingerprint density at radius 3 is 2.35 bits per heavy atom. The fraction of sp³-hybridized carbons (Fsp3) is 0.0741. The van der Waals surface area contributed by atoms with Crippen LogP contribution in [0.5, 0.6) is 11.5 Å². The van der Waals surface area contributed by atoms with Crippen LogP contribution in [0.2, 0.25) is 0 Å². The smallest absolute Gasteiger partial charge is 0.344 e. The Labute approximate surface area is 192 Å². The maximum Gasteiger partial charge on any atom is 0.344 e. The number of hydrogen-bond acceptors (Lipinski definition) is 7. The summed E-state index contributed by atoms with van der Waals surface area (Å²) in [7, 11) is 1.55. The molecule has 0 bridgehead atoms. The number of hydrogen-bond donors (Lipinski definition) is 0. The number of benzene rings is 3. The SMILES string of the molecule is COc1ccc(C(=O)COc2ccc3c(-c4cc5ccccc5oc4=O)cc(=O)oc3c2)cc1. The van der Waals surface area contributed by atoms with Crippen molar-refractivity contribution < 1.29 is 23.1 Å². The number of methoxy groups -OCH3 is 1. The third kappa shape index (κ3) is 4.06. The first-order valence-corrected chi connectivity index (χ1v) is 10.4. The van der Waals surface area contributed by atoms with Crippen LogP contribution in [-0.4, -0.2) is 19.5 Å². The Morgan fingerprint density at radius 1 is 0.794 bits per heavy atom. The molecule has 0 amide bonds. The number of rotatable bonds is 6. The van der Waals surface area contributed by atoms with Gasteiger partial charge < -0.3 is 18.3 Å². The topological polar surface area (TPSA) is 96.0 Å². The summed E-state index contributed by atoms with van der Waals surface area (Å²) in [4.78, 5) is 37.3. The van der Waals surface area contributed by atoms with E-state index in [1.165, 1.54) is 12.1 Å². The van der Waals surface area contributed by atoms with Gasteiger partial charge in [-0.15, -0.1) is 0 Å². The van der Waals surface area contributed by atoms with Crippen LogP contribution in [-0.2, 0) is 0 Å². The molecule has 0 aliphatic heterocycles. The van der Waals surface area contributed by atoms with Crippen LogP contribution in [0.3, 0.4) is 0 Å². The normalized spacial score (nSPS) is 11.0. The van der Waals surface area contributed by atoms with Gasteiger partial charge >= 0.3 is 11.3 Å². The predicted molar refractivity (Wildman–Crippen MR) is 127 cm³/mol. The van der Waals surface area contributed by atoms with Gasteiger partial charge in [-0.1, -0.05) is 18.2 Å². The second-order valence-electron chi connectivity index (χ2n) is 7.56. The lowest BCUT2D eigenvalue weighted by Gasteiger charge is -2.09. The van der Waals surface area contributed by atoms with Crippen LogP contribution < -0.4 is 20.7 Å². The van der Waals surface area contributed by atoms with E-state index < -0.39 is 11.3 Å². The van der Waals surface area contributed by atoms with E-state index in [0.717, 1.165) is 5.39 Å². The van der Waals surface area contributed by atoms with Crippen LogP contribution in [0.1, 0.15) is 10.4 Å². The van der Waals surface area contributed by atoms with Crippen molar-refractivity contribution in [1.29, 1.82) is 0 Å². The van der Waals surface area contributed by atoms with Crippen molar-refractivity contribution in [3.63, 3.8) is 0 Å². The van der Waals surface area contributed by atoms with Gasteiger partial charge in [-0.3, -0.25) is 4.79 Å². The molecule has 0 spiro atoms. The van der Waals surface area contributed by atoms with Gasteiger partial charge in [0, 0.05) is 34.0 Å². The van der Waals surface area contributed by atoms with Crippen molar-refractivity contribution >= 4 is 27.7 Å². The highest BCUT2D eigenvalue weighted by Gasteiger charge is 2.15. The lowest BCUT2D eigenvalue weighted by Crippen LogP contribution is -2.11. The highest BCUT2D eigenvalue weighted by molar-refractivity contribution is 5.98. The predicted octanol–water partition coefficient (Wildman–Crippen LogP) is 4.84. The second-order valence-corrected chi connectivity index (χ2v) is 7.56. The summed E-state index contributed by atoms with van der Waals surface area (Å²) < 4.78 is 21.5. The molecule has 0 unspecified atom stereocenters. The summed E-state index contributed by atoms with van der Waals surface area (Å²) in [6, 6.07) is 21.6. The van der Waals surface area contributed by atoms with E-state index in [2.05, 4.69) is 0 Å². The van der Waals surface area contributed by atoms with Gasteiger partial charge in [0.25, 0.3) is 0 Å². The Kier molecular flexibility index (Phi) is 5.43. The van der Waals surface area contributed by atoms with Crippen LogP contribution in [0.15, 0.2) is 97.3 Å². The molecular weight excluding hydrogens is 436 g/mol. The molecule has 3 aromatic carbocycles. The average Bonchev–Trinajstić information content (AvgIpc) is 2.86. The monoisotopic (exact) mass is 454 g/mol. The van der Waals surface area contributed by atoms with E-state index in [1.807, 2.05) is 12.1 Å². The zero-order chi connectivity index (χ0) is 23.7. The van der Waals surface area contributed by atoms with E-state index >= 15 is 0 Å². The van der Waals surface area contributed by atoms with Crippen molar-refractivity contribution in [2.24, 2.45) is 0 Å². The largest absolute Gasteiger partial charge is 0.497 e. The molecule has 0 atom stereocenters. The van der Waals surface area contributed by atoms with Crippen LogP contribution >= 0.6 is 0 Å².